The van der Waals surface area contributed by atoms with E-state index >= 15 is 0 Å². The Bertz CT molecular complexity index is 781. The lowest BCUT2D eigenvalue weighted by molar-refractivity contribution is -0.142. The summed E-state index contributed by atoms with van der Waals surface area (Å²) in [5, 5.41) is 0.641. The highest BCUT2D eigenvalue weighted by Gasteiger charge is 2.23. The fourth-order valence-electron chi connectivity index (χ4n) is 2.80. The van der Waals surface area contributed by atoms with Crippen LogP contribution in [0.2, 0.25) is 5.02 Å². The molecule has 0 N–H and O–H groups in total. The lowest BCUT2D eigenvalue weighted by Gasteiger charge is -2.26. The number of thiophene rings is 1. The van der Waals surface area contributed by atoms with Crippen molar-refractivity contribution in [1.82, 2.24) is 4.90 Å². The maximum Gasteiger partial charge on any atom is 0.310 e. The molecule has 1 aromatic heterocycles. The van der Waals surface area contributed by atoms with Crippen molar-refractivity contribution in [2.24, 2.45) is 0 Å². The second-order valence-corrected chi connectivity index (χ2v) is 7.35. The van der Waals surface area contributed by atoms with Crippen LogP contribution in [0.1, 0.15) is 22.2 Å². The number of ether oxygens (including phenoxy) is 2. The number of halogens is 1. The molecule has 0 aliphatic carbocycles. The van der Waals surface area contributed by atoms with Crippen LogP contribution in [-0.4, -0.2) is 49.7 Å². The van der Waals surface area contributed by atoms with E-state index in [4.69, 9.17) is 21.1 Å². The molecule has 138 valence electrons. The molecular formula is C19H20ClNO4S. The third-order valence-electron chi connectivity index (χ3n) is 4.06. The average Bonchev–Trinajstić information content (AvgIpc) is 3.06. The summed E-state index contributed by atoms with van der Waals surface area (Å²) in [6.45, 7) is 4.38. The number of nitrogens with zero attached hydrogens (tertiary/aromatic N) is 1. The maximum atomic E-state index is 12.8. The third kappa shape index (κ3) is 4.44. The van der Waals surface area contributed by atoms with Crippen LogP contribution in [-0.2, 0) is 20.7 Å². The summed E-state index contributed by atoms with van der Waals surface area (Å²) in [6.07, 6.45) is 0.138. The number of carbonyl (C=O) groups excluding carboxylic acids is 2. The van der Waals surface area contributed by atoms with Gasteiger partial charge in [0.05, 0.1) is 31.1 Å². The average molecular weight is 394 g/mol. The maximum absolute atomic E-state index is 12.8. The number of rotatable bonds is 5. The van der Waals surface area contributed by atoms with Crippen LogP contribution in [0.3, 0.4) is 0 Å². The van der Waals surface area contributed by atoms with Gasteiger partial charge in [0.15, 0.2) is 0 Å². The van der Waals surface area contributed by atoms with Crippen molar-refractivity contribution in [1.29, 1.82) is 0 Å². The van der Waals surface area contributed by atoms with Gasteiger partial charge in [-0.25, -0.2) is 0 Å². The van der Waals surface area contributed by atoms with Crippen LogP contribution in [0.15, 0.2) is 30.3 Å². The molecule has 2 heterocycles. The molecule has 0 saturated carbocycles. The monoisotopic (exact) mass is 393 g/mol. The number of carbonyl (C=O) groups is 2. The molecule has 1 aliphatic rings. The van der Waals surface area contributed by atoms with Crippen LogP contribution >= 0.6 is 22.9 Å². The zero-order valence-corrected chi connectivity index (χ0v) is 16.1. The molecule has 0 unspecified atom stereocenters. The molecule has 0 bridgehead atoms. The molecule has 1 aliphatic heterocycles. The Morgan fingerprint density at radius 3 is 2.58 bits per heavy atom. The van der Waals surface area contributed by atoms with Gasteiger partial charge in [0.2, 0.25) is 0 Å². The standard InChI is InChI=1S/C19H20ClNO4S/c1-2-25-17(22)12-14-11-16(19(23)21-7-9-24-10-8-21)26-18(14)13-3-5-15(20)6-4-13/h3-6,11H,2,7-10,12H2,1H3. The van der Waals surface area contributed by atoms with E-state index in [2.05, 4.69) is 0 Å². The van der Waals surface area contributed by atoms with Gasteiger partial charge in [0.1, 0.15) is 0 Å². The Balaban J connectivity index is 1.92. The summed E-state index contributed by atoms with van der Waals surface area (Å²) in [5.41, 5.74) is 1.73. The lowest BCUT2D eigenvalue weighted by Crippen LogP contribution is -2.40. The van der Waals surface area contributed by atoms with Crippen molar-refractivity contribution in [2.75, 3.05) is 32.9 Å². The fraction of sp³-hybridized carbons (Fsp3) is 0.368. The van der Waals surface area contributed by atoms with Gasteiger partial charge in [-0.3, -0.25) is 9.59 Å². The van der Waals surface area contributed by atoms with Gasteiger partial charge in [0.25, 0.3) is 5.91 Å². The molecule has 0 radical (unpaired) electrons. The number of morpholine rings is 1. The second-order valence-electron chi connectivity index (χ2n) is 5.86. The molecule has 0 spiro atoms. The molecule has 5 nitrogen and oxygen atoms in total. The SMILES string of the molecule is CCOC(=O)Cc1cc(C(=O)N2CCOCC2)sc1-c1ccc(Cl)cc1. The molecule has 2 aromatic rings. The van der Waals surface area contributed by atoms with Gasteiger partial charge in [0, 0.05) is 23.0 Å². The molecule has 0 atom stereocenters. The molecule has 7 heteroatoms. The lowest BCUT2D eigenvalue weighted by atomic mass is 10.1. The van der Waals surface area contributed by atoms with Crippen LogP contribution in [0.25, 0.3) is 10.4 Å². The summed E-state index contributed by atoms with van der Waals surface area (Å²) in [5.74, 6) is -0.325. The molecule has 1 amide bonds. The zero-order valence-electron chi connectivity index (χ0n) is 14.5. The molecule has 1 saturated heterocycles. The summed E-state index contributed by atoms with van der Waals surface area (Å²) in [6, 6.07) is 9.20. The number of hydrogen-bond acceptors (Lipinski definition) is 5. The van der Waals surface area contributed by atoms with Crippen LogP contribution in [0.5, 0.6) is 0 Å². The van der Waals surface area contributed by atoms with Gasteiger partial charge in [-0.1, -0.05) is 23.7 Å². The number of esters is 1. The minimum atomic E-state index is -0.300. The van der Waals surface area contributed by atoms with Gasteiger partial charge < -0.3 is 14.4 Å². The first kappa shape index (κ1) is 18.9. The largest absolute Gasteiger partial charge is 0.466 e. The minimum absolute atomic E-state index is 0.0244. The first-order valence-electron chi connectivity index (χ1n) is 8.49. The highest BCUT2D eigenvalue weighted by atomic mass is 35.5. The van der Waals surface area contributed by atoms with E-state index in [9.17, 15) is 9.59 Å². The molecule has 26 heavy (non-hydrogen) atoms. The fourth-order valence-corrected chi connectivity index (χ4v) is 4.08. The number of benzene rings is 1. The first-order valence-corrected chi connectivity index (χ1v) is 9.69. The van der Waals surface area contributed by atoms with E-state index in [0.717, 1.165) is 16.0 Å². The summed E-state index contributed by atoms with van der Waals surface area (Å²) in [4.78, 5) is 28.1. The van der Waals surface area contributed by atoms with Crippen LogP contribution < -0.4 is 0 Å². The van der Waals surface area contributed by atoms with E-state index in [1.807, 2.05) is 18.2 Å². The van der Waals surface area contributed by atoms with Crippen molar-refractivity contribution in [3.63, 3.8) is 0 Å². The molecular weight excluding hydrogens is 374 g/mol. The van der Waals surface area contributed by atoms with E-state index in [1.54, 1.807) is 24.0 Å². The summed E-state index contributed by atoms with van der Waals surface area (Å²) < 4.78 is 10.4. The molecule has 1 aromatic carbocycles. The van der Waals surface area contributed by atoms with Gasteiger partial charge >= 0.3 is 5.97 Å². The minimum Gasteiger partial charge on any atom is -0.466 e. The Hall–Kier alpha value is -1.89. The summed E-state index contributed by atoms with van der Waals surface area (Å²) >= 11 is 7.38. The second kappa shape index (κ2) is 8.66. The predicted octanol–water partition coefficient (Wildman–Crippen LogP) is 3.65. The predicted molar refractivity (Wildman–Crippen MR) is 102 cm³/mol. The normalized spacial score (nSPS) is 14.3. The third-order valence-corrected chi connectivity index (χ3v) is 5.53. The zero-order chi connectivity index (χ0) is 18.5. The van der Waals surface area contributed by atoms with E-state index in [-0.39, 0.29) is 18.3 Å². The summed E-state index contributed by atoms with van der Waals surface area (Å²) in [7, 11) is 0. The number of hydrogen-bond donors (Lipinski definition) is 0. The molecule has 1 fully saturated rings. The van der Waals surface area contributed by atoms with Gasteiger partial charge in [-0.05, 0) is 36.2 Å². The van der Waals surface area contributed by atoms with Crippen molar-refractivity contribution in [2.45, 2.75) is 13.3 Å². The smallest absolute Gasteiger partial charge is 0.310 e. The van der Waals surface area contributed by atoms with Crippen molar-refractivity contribution in [3.05, 3.63) is 45.8 Å². The molecule has 3 rings (SSSR count). The van der Waals surface area contributed by atoms with Gasteiger partial charge in [-0.15, -0.1) is 11.3 Å². The van der Waals surface area contributed by atoms with E-state index in [1.165, 1.54) is 11.3 Å². The Morgan fingerprint density at radius 1 is 1.23 bits per heavy atom. The van der Waals surface area contributed by atoms with E-state index < -0.39 is 0 Å². The first-order chi connectivity index (χ1) is 12.6. The van der Waals surface area contributed by atoms with Crippen LogP contribution in [0, 0.1) is 0 Å². The van der Waals surface area contributed by atoms with Crippen molar-refractivity contribution < 1.29 is 19.1 Å². The van der Waals surface area contributed by atoms with Crippen molar-refractivity contribution >= 4 is 34.8 Å². The highest BCUT2D eigenvalue weighted by Crippen LogP contribution is 2.35. The quantitative estimate of drug-likeness (QED) is 0.727. The topological polar surface area (TPSA) is 55.8 Å². The highest BCUT2D eigenvalue weighted by molar-refractivity contribution is 7.17. The number of amides is 1. The Morgan fingerprint density at radius 2 is 1.92 bits per heavy atom. The van der Waals surface area contributed by atoms with E-state index in [0.29, 0.717) is 42.8 Å². The van der Waals surface area contributed by atoms with Crippen molar-refractivity contribution in [3.8, 4) is 10.4 Å². The van der Waals surface area contributed by atoms with Crippen LogP contribution in [0.4, 0.5) is 0 Å². The van der Waals surface area contributed by atoms with Gasteiger partial charge in [-0.2, -0.15) is 0 Å². The Labute approximate surface area is 161 Å². The Kier molecular flexibility index (Phi) is 6.29.